The lowest BCUT2D eigenvalue weighted by atomic mass is 10.1. The van der Waals surface area contributed by atoms with Gasteiger partial charge in [0.2, 0.25) is 0 Å². The highest BCUT2D eigenvalue weighted by molar-refractivity contribution is 6.18. The van der Waals surface area contributed by atoms with Gasteiger partial charge in [-0.3, -0.25) is 9.69 Å². The number of halogens is 2. The Kier molecular flexibility index (Phi) is 12.5. The second kappa shape index (κ2) is 15.5. The number of ether oxygens (including phenoxy) is 1. The molecule has 2 aromatic rings. The molecule has 2 aromatic carbocycles. The van der Waals surface area contributed by atoms with Gasteiger partial charge in [0.05, 0.1) is 11.4 Å². The van der Waals surface area contributed by atoms with Crippen LogP contribution in [0.4, 0.5) is 26.7 Å². The summed E-state index contributed by atoms with van der Waals surface area (Å²) in [5.41, 5.74) is 2.46. The van der Waals surface area contributed by atoms with E-state index in [0.717, 1.165) is 5.69 Å². The number of carboxylic acid groups (broad SMARTS) is 2. The SMILES string of the molecule is CN(C(=O)OCc1ccc(NC(=O)NC(CCC(=O)O)C(=O)O)cc1)c1ccccc1N(CCCl)CCCl. The zero-order valence-corrected chi connectivity index (χ0v) is 22.2. The van der Waals surface area contributed by atoms with Crippen LogP contribution in [0.25, 0.3) is 0 Å². The zero-order valence-electron chi connectivity index (χ0n) is 20.7. The molecule has 38 heavy (non-hydrogen) atoms. The van der Waals surface area contributed by atoms with Crippen LogP contribution in [0, 0.1) is 0 Å². The number of carboxylic acids is 2. The number of hydrogen-bond donors (Lipinski definition) is 4. The van der Waals surface area contributed by atoms with E-state index in [4.69, 9.17) is 38.2 Å². The molecule has 0 bridgehead atoms. The molecule has 0 aromatic heterocycles. The summed E-state index contributed by atoms with van der Waals surface area (Å²) in [7, 11) is 1.60. The van der Waals surface area contributed by atoms with Crippen LogP contribution < -0.4 is 20.4 Å². The molecule has 0 aliphatic heterocycles. The number of urea groups is 1. The Morgan fingerprint density at radius 3 is 2.11 bits per heavy atom. The number of para-hydroxylation sites is 2. The summed E-state index contributed by atoms with van der Waals surface area (Å²) in [6.45, 7) is 1.10. The third kappa shape index (κ3) is 9.64. The van der Waals surface area contributed by atoms with Gasteiger partial charge in [-0.1, -0.05) is 24.3 Å². The molecular weight excluding hydrogens is 539 g/mol. The van der Waals surface area contributed by atoms with Gasteiger partial charge >= 0.3 is 24.1 Å². The first kappa shape index (κ1) is 30.5. The van der Waals surface area contributed by atoms with E-state index in [1.807, 2.05) is 23.1 Å². The van der Waals surface area contributed by atoms with Crippen LogP contribution in [0.15, 0.2) is 48.5 Å². The van der Waals surface area contributed by atoms with E-state index in [1.165, 1.54) is 4.90 Å². The average molecular weight is 569 g/mol. The molecule has 206 valence electrons. The first-order chi connectivity index (χ1) is 18.2. The van der Waals surface area contributed by atoms with Gasteiger partial charge in [0.15, 0.2) is 0 Å². The molecule has 0 saturated heterocycles. The van der Waals surface area contributed by atoms with Crippen molar-refractivity contribution in [3.05, 3.63) is 54.1 Å². The monoisotopic (exact) mass is 568 g/mol. The van der Waals surface area contributed by atoms with Gasteiger partial charge in [-0.2, -0.15) is 0 Å². The predicted molar refractivity (Wildman–Crippen MR) is 146 cm³/mol. The summed E-state index contributed by atoms with van der Waals surface area (Å²) < 4.78 is 5.45. The van der Waals surface area contributed by atoms with Gasteiger partial charge in [-0.25, -0.2) is 14.4 Å². The second-order valence-electron chi connectivity index (χ2n) is 8.09. The molecular formula is C25H30Cl2N4O7. The van der Waals surface area contributed by atoms with Gasteiger partial charge in [0.1, 0.15) is 12.6 Å². The number of nitrogens with zero attached hydrogens (tertiary/aromatic N) is 2. The molecule has 3 amide bonds. The highest BCUT2D eigenvalue weighted by Gasteiger charge is 2.21. The van der Waals surface area contributed by atoms with Crippen molar-refractivity contribution in [2.75, 3.05) is 47.0 Å². The molecule has 0 spiro atoms. The quantitative estimate of drug-likeness (QED) is 0.248. The van der Waals surface area contributed by atoms with Crippen molar-refractivity contribution >= 4 is 64.3 Å². The van der Waals surface area contributed by atoms with Gasteiger partial charge in [-0.05, 0) is 36.2 Å². The lowest BCUT2D eigenvalue weighted by Crippen LogP contribution is -2.43. The minimum absolute atomic E-state index is 0.0266. The number of nitrogens with one attached hydrogen (secondary N) is 2. The summed E-state index contributed by atoms with van der Waals surface area (Å²) in [5.74, 6) is -1.70. The van der Waals surface area contributed by atoms with Gasteiger partial charge < -0.3 is 30.5 Å². The van der Waals surface area contributed by atoms with Crippen molar-refractivity contribution in [1.29, 1.82) is 0 Å². The minimum Gasteiger partial charge on any atom is -0.481 e. The molecule has 1 atom stereocenters. The Labute approximate surface area is 230 Å². The summed E-state index contributed by atoms with van der Waals surface area (Å²) in [5, 5.41) is 22.6. The summed E-state index contributed by atoms with van der Waals surface area (Å²) in [6, 6.07) is 11.6. The first-order valence-electron chi connectivity index (χ1n) is 11.6. The topological polar surface area (TPSA) is 149 Å². The van der Waals surface area contributed by atoms with Crippen molar-refractivity contribution in [3.8, 4) is 0 Å². The number of rotatable bonds is 14. The van der Waals surface area contributed by atoms with Gasteiger partial charge in [0.25, 0.3) is 0 Å². The van der Waals surface area contributed by atoms with Gasteiger partial charge in [0, 0.05) is 44.0 Å². The molecule has 13 heteroatoms. The van der Waals surface area contributed by atoms with Crippen molar-refractivity contribution in [1.82, 2.24) is 5.32 Å². The number of anilines is 3. The number of alkyl halides is 2. The molecule has 0 radical (unpaired) electrons. The van der Waals surface area contributed by atoms with Crippen LogP contribution in [-0.4, -0.2) is 72.2 Å². The van der Waals surface area contributed by atoms with Crippen LogP contribution >= 0.6 is 23.2 Å². The first-order valence-corrected chi connectivity index (χ1v) is 12.7. The lowest BCUT2D eigenvalue weighted by molar-refractivity contribution is -0.140. The molecule has 0 aliphatic carbocycles. The third-order valence-electron chi connectivity index (χ3n) is 5.39. The normalized spacial score (nSPS) is 11.2. The molecule has 4 N–H and O–H groups in total. The van der Waals surface area contributed by atoms with Crippen molar-refractivity contribution in [3.63, 3.8) is 0 Å². The van der Waals surface area contributed by atoms with E-state index in [-0.39, 0.29) is 13.0 Å². The van der Waals surface area contributed by atoms with E-state index in [1.54, 1.807) is 37.4 Å². The second-order valence-corrected chi connectivity index (χ2v) is 8.84. The summed E-state index contributed by atoms with van der Waals surface area (Å²) in [4.78, 5) is 50.1. The molecule has 11 nitrogen and oxygen atoms in total. The molecule has 0 heterocycles. The number of carbonyl (C=O) groups is 4. The lowest BCUT2D eigenvalue weighted by Gasteiger charge is -2.28. The maximum atomic E-state index is 12.8. The largest absolute Gasteiger partial charge is 0.481 e. The molecule has 0 aliphatic rings. The Morgan fingerprint density at radius 2 is 1.55 bits per heavy atom. The molecule has 2 rings (SSSR count). The van der Waals surface area contributed by atoms with E-state index < -0.39 is 36.5 Å². The Morgan fingerprint density at radius 1 is 0.947 bits per heavy atom. The fourth-order valence-corrected chi connectivity index (χ4v) is 3.86. The van der Waals surface area contributed by atoms with Crippen molar-refractivity contribution in [2.24, 2.45) is 0 Å². The zero-order chi connectivity index (χ0) is 28.1. The predicted octanol–water partition coefficient (Wildman–Crippen LogP) is 4.18. The number of aliphatic carboxylic acids is 2. The summed E-state index contributed by atoms with van der Waals surface area (Å²) >= 11 is 11.9. The number of hydrogen-bond acceptors (Lipinski definition) is 6. The fourth-order valence-electron chi connectivity index (χ4n) is 3.45. The summed E-state index contributed by atoms with van der Waals surface area (Å²) in [6.07, 6.45) is -1.22. The van der Waals surface area contributed by atoms with E-state index in [2.05, 4.69) is 10.6 Å². The maximum Gasteiger partial charge on any atom is 0.414 e. The van der Waals surface area contributed by atoms with E-state index in [9.17, 15) is 19.2 Å². The smallest absolute Gasteiger partial charge is 0.414 e. The van der Waals surface area contributed by atoms with Crippen molar-refractivity contribution < 1.29 is 34.1 Å². The average Bonchev–Trinajstić information content (AvgIpc) is 2.89. The van der Waals surface area contributed by atoms with Gasteiger partial charge in [-0.15, -0.1) is 23.2 Å². The van der Waals surface area contributed by atoms with Crippen LogP contribution in [0.5, 0.6) is 0 Å². The highest BCUT2D eigenvalue weighted by Crippen LogP contribution is 2.29. The van der Waals surface area contributed by atoms with Crippen LogP contribution in [-0.2, 0) is 20.9 Å². The van der Waals surface area contributed by atoms with Crippen LogP contribution in [0.2, 0.25) is 0 Å². The maximum absolute atomic E-state index is 12.8. The Bertz CT molecular complexity index is 1100. The third-order valence-corrected chi connectivity index (χ3v) is 5.73. The van der Waals surface area contributed by atoms with Crippen molar-refractivity contribution in [2.45, 2.75) is 25.5 Å². The fraction of sp³-hybridized carbons (Fsp3) is 0.360. The number of amides is 3. The Balaban J connectivity index is 1.95. The molecule has 1 unspecified atom stereocenters. The number of carbonyl (C=O) groups excluding carboxylic acids is 2. The standard InChI is InChI=1S/C25H30Cl2N4O7/c1-30(20-4-2-3-5-21(20)31(14-12-26)15-13-27)25(37)38-16-17-6-8-18(9-7-17)28-24(36)29-19(23(34)35)10-11-22(32)33/h2-9,19H,10-16H2,1H3,(H,32,33)(H,34,35)(H2,28,29,36). The Hall–Kier alpha value is -3.70. The molecule has 0 saturated carbocycles. The van der Waals surface area contributed by atoms with E-state index >= 15 is 0 Å². The van der Waals surface area contributed by atoms with Crippen LogP contribution in [0.3, 0.4) is 0 Å². The van der Waals surface area contributed by atoms with E-state index in [0.29, 0.717) is 41.8 Å². The number of benzene rings is 2. The minimum atomic E-state index is -1.34. The highest BCUT2D eigenvalue weighted by atomic mass is 35.5. The van der Waals surface area contributed by atoms with Crippen LogP contribution in [0.1, 0.15) is 18.4 Å². The molecule has 0 fully saturated rings.